The third-order valence-electron chi connectivity index (χ3n) is 5.70. The van der Waals surface area contributed by atoms with Crippen LogP contribution >= 0.6 is 11.6 Å². The third kappa shape index (κ3) is 4.27. The van der Waals surface area contributed by atoms with Crippen LogP contribution in [0.4, 0.5) is 0 Å². The molecular weight excluding hydrogens is 332 g/mol. The van der Waals surface area contributed by atoms with Gasteiger partial charge in [0.25, 0.3) is 0 Å². The number of hydrogen-bond acceptors (Lipinski definition) is 2. The molecule has 1 aromatic rings. The summed E-state index contributed by atoms with van der Waals surface area (Å²) in [6, 6.07) is 8.13. The molecule has 2 aliphatic rings. The van der Waals surface area contributed by atoms with Crippen LogP contribution in [0, 0.1) is 0 Å². The van der Waals surface area contributed by atoms with Gasteiger partial charge in [-0.15, -0.1) is 0 Å². The van der Waals surface area contributed by atoms with Gasteiger partial charge in [-0.1, -0.05) is 41.8 Å². The van der Waals surface area contributed by atoms with Crippen molar-refractivity contribution in [1.29, 1.82) is 0 Å². The average molecular weight is 361 g/mol. The van der Waals surface area contributed by atoms with Gasteiger partial charge < -0.3 is 5.32 Å². The van der Waals surface area contributed by atoms with E-state index in [1.807, 2.05) is 24.3 Å². The average Bonchev–Trinajstić information content (AvgIpc) is 2.53. The molecule has 1 heterocycles. The number of benzene rings is 1. The Labute approximate surface area is 156 Å². The van der Waals surface area contributed by atoms with Crippen molar-refractivity contribution in [2.45, 2.75) is 57.4 Å². The molecule has 3 nitrogen and oxygen atoms in total. The zero-order valence-electron chi connectivity index (χ0n) is 15.4. The van der Waals surface area contributed by atoms with Gasteiger partial charge in [0.2, 0.25) is 5.91 Å². The number of nitrogens with zero attached hydrogens (tertiary/aromatic N) is 1. The van der Waals surface area contributed by atoms with Gasteiger partial charge in [-0.3, -0.25) is 9.69 Å². The largest absolute Gasteiger partial charge is 0.353 e. The second-order valence-electron chi connectivity index (χ2n) is 7.78. The molecule has 1 aromatic carbocycles. The topological polar surface area (TPSA) is 32.3 Å². The summed E-state index contributed by atoms with van der Waals surface area (Å²) in [7, 11) is 0. The first-order valence-electron chi connectivity index (χ1n) is 9.42. The van der Waals surface area contributed by atoms with Gasteiger partial charge >= 0.3 is 0 Å². The number of likely N-dealkylation sites (tertiary alicyclic amines) is 1. The van der Waals surface area contributed by atoms with Crippen molar-refractivity contribution in [3.05, 3.63) is 46.5 Å². The summed E-state index contributed by atoms with van der Waals surface area (Å²) >= 11 is 6.15. The molecule has 1 amide bonds. The lowest BCUT2D eigenvalue weighted by atomic mass is 9.63. The molecule has 0 aromatic heterocycles. The third-order valence-corrected chi connectivity index (χ3v) is 5.93. The van der Waals surface area contributed by atoms with E-state index in [0.29, 0.717) is 11.1 Å². The van der Waals surface area contributed by atoms with Crippen molar-refractivity contribution in [2.24, 2.45) is 0 Å². The molecule has 1 N–H and O–H groups in total. The molecule has 4 heteroatoms. The summed E-state index contributed by atoms with van der Waals surface area (Å²) in [5.74, 6) is 0.198. The highest BCUT2D eigenvalue weighted by molar-refractivity contribution is 6.30. The normalized spacial score (nSPS) is 20.6. The molecule has 0 atom stereocenters. The van der Waals surface area contributed by atoms with Gasteiger partial charge in [0.05, 0.1) is 5.41 Å². The first kappa shape index (κ1) is 18.5. The fourth-order valence-corrected chi connectivity index (χ4v) is 4.05. The molecular formula is C21H29ClN2O. The van der Waals surface area contributed by atoms with Crippen molar-refractivity contribution in [2.75, 3.05) is 19.6 Å². The molecule has 25 heavy (non-hydrogen) atoms. The lowest BCUT2D eigenvalue weighted by Crippen LogP contribution is -2.54. The Bertz CT molecular complexity index is 639. The van der Waals surface area contributed by atoms with E-state index in [1.165, 1.54) is 5.57 Å². The van der Waals surface area contributed by atoms with E-state index in [-0.39, 0.29) is 11.3 Å². The second-order valence-corrected chi connectivity index (χ2v) is 8.21. The number of amides is 1. The zero-order chi connectivity index (χ0) is 17.9. The maximum absolute atomic E-state index is 13.0. The van der Waals surface area contributed by atoms with Crippen molar-refractivity contribution < 1.29 is 4.79 Å². The minimum Gasteiger partial charge on any atom is -0.353 e. The summed E-state index contributed by atoms with van der Waals surface area (Å²) in [5, 5.41) is 4.05. The maximum atomic E-state index is 13.0. The van der Waals surface area contributed by atoms with Gasteiger partial charge in [0, 0.05) is 30.7 Å². The van der Waals surface area contributed by atoms with Gasteiger partial charge in [-0.25, -0.2) is 0 Å². The van der Waals surface area contributed by atoms with Crippen LogP contribution in [0.5, 0.6) is 0 Å². The zero-order valence-corrected chi connectivity index (χ0v) is 16.1. The predicted molar refractivity (Wildman–Crippen MR) is 104 cm³/mol. The number of piperidine rings is 1. The summed E-state index contributed by atoms with van der Waals surface area (Å²) < 4.78 is 0. The monoisotopic (exact) mass is 360 g/mol. The van der Waals surface area contributed by atoms with E-state index in [9.17, 15) is 4.79 Å². The molecule has 0 radical (unpaired) electrons. The Morgan fingerprint density at radius 2 is 2.04 bits per heavy atom. The number of carbonyl (C=O) groups excluding carboxylic acids is 1. The molecule has 0 unspecified atom stereocenters. The lowest BCUT2D eigenvalue weighted by Gasteiger charge is -2.42. The molecule has 2 fully saturated rings. The van der Waals surface area contributed by atoms with E-state index in [4.69, 9.17) is 11.6 Å². The summed E-state index contributed by atoms with van der Waals surface area (Å²) in [5.41, 5.74) is 2.08. The number of halogens is 1. The first-order chi connectivity index (χ1) is 12.0. The van der Waals surface area contributed by atoms with Crippen molar-refractivity contribution in [3.63, 3.8) is 0 Å². The number of allylic oxidation sites excluding steroid dienone is 1. The van der Waals surface area contributed by atoms with Gasteiger partial charge in [0.15, 0.2) is 0 Å². The standard InChI is InChI=1S/C21H29ClN2O/c1-16(2)7-12-24-13-8-19(9-14-24)23-20(25)21(10-4-11-21)17-5-3-6-18(22)15-17/h3,5-7,15,19H,4,8-14H2,1-2H3,(H,23,25). The van der Waals surface area contributed by atoms with Crippen LogP contribution in [0.15, 0.2) is 35.9 Å². The molecule has 136 valence electrons. The van der Waals surface area contributed by atoms with Crippen LogP contribution in [-0.2, 0) is 10.2 Å². The Balaban J connectivity index is 1.58. The van der Waals surface area contributed by atoms with E-state index >= 15 is 0 Å². The summed E-state index contributed by atoms with van der Waals surface area (Å²) in [6.07, 6.45) is 7.32. The fourth-order valence-electron chi connectivity index (χ4n) is 3.86. The van der Waals surface area contributed by atoms with Crippen molar-refractivity contribution in [3.8, 4) is 0 Å². The highest BCUT2D eigenvalue weighted by Gasteiger charge is 2.46. The minimum atomic E-state index is -0.357. The van der Waals surface area contributed by atoms with Gasteiger partial charge in [-0.05, 0) is 57.2 Å². The molecule has 1 saturated heterocycles. The number of hydrogen-bond donors (Lipinski definition) is 1. The summed E-state index contributed by atoms with van der Waals surface area (Å²) in [6.45, 7) is 7.41. The Morgan fingerprint density at radius 1 is 1.32 bits per heavy atom. The molecule has 0 bridgehead atoms. The Morgan fingerprint density at radius 3 is 2.60 bits per heavy atom. The SMILES string of the molecule is CC(C)=CCN1CCC(NC(=O)C2(c3cccc(Cl)c3)CCC2)CC1. The van der Waals surface area contributed by atoms with Crippen LogP contribution in [0.25, 0.3) is 0 Å². The quantitative estimate of drug-likeness (QED) is 0.793. The van der Waals surface area contributed by atoms with Crippen LogP contribution in [0.1, 0.15) is 51.5 Å². The lowest BCUT2D eigenvalue weighted by molar-refractivity contribution is -0.131. The number of carbonyl (C=O) groups is 1. The van der Waals surface area contributed by atoms with E-state index < -0.39 is 0 Å². The van der Waals surface area contributed by atoms with Gasteiger partial charge in [-0.2, -0.15) is 0 Å². The van der Waals surface area contributed by atoms with Crippen LogP contribution < -0.4 is 5.32 Å². The number of nitrogens with one attached hydrogen (secondary N) is 1. The van der Waals surface area contributed by atoms with Crippen LogP contribution in [0.2, 0.25) is 5.02 Å². The summed E-state index contributed by atoms with van der Waals surface area (Å²) in [4.78, 5) is 15.5. The first-order valence-corrected chi connectivity index (χ1v) is 9.80. The minimum absolute atomic E-state index is 0.198. The molecule has 1 aliphatic heterocycles. The highest BCUT2D eigenvalue weighted by Crippen LogP contribution is 2.44. The molecule has 1 aliphatic carbocycles. The van der Waals surface area contributed by atoms with E-state index in [0.717, 1.165) is 57.3 Å². The van der Waals surface area contributed by atoms with Crippen LogP contribution in [-0.4, -0.2) is 36.5 Å². The maximum Gasteiger partial charge on any atom is 0.230 e. The molecule has 0 spiro atoms. The smallest absolute Gasteiger partial charge is 0.230 e. The van der Waals surface area contributed by atoms with Crippen molar-refractivity contribution in [1.82, 2.24) is 10.2 Å². The highest BCUT2D eigenvalue weighted by atomic mass is 35.5. The number of rotatable bonds is 5. The van der Waals surface area contributed by atoms with Gasteiger partial charge in [0.1, 0.15) is 0 Å². The molecule has 1 saturated carbocycles. The Kier molecular flexibility index (Phi) is 5.85. The van der Waals surface area contributed by atoms with Crippen molar-refractivity contribution >= 4 is 17.5 Å². The second kappa shape index (κ2) is 7.92. The van der Waals surface area contributed by atoms with E-state index in [2.05, 4.69) is 30.1 Å². The Hall–Kier alpha value is -1.32. The fraction of sp³-hybridized carbons (Fsp3) is 0.571. The predicted octanol–water partition coefficient (Wildman–Crippen LogP) is 4.31. The van der Waals surface area contributed by atoms with Crippen LogP contribution in [0.3, 0.4) is 0 Å². The molecule has 3 rings (SSSR count). The van der Waals surface area contributed by atoms with E-state index in [1.54, 1.807) is 0 Å².